The maximum absolute atomic E-state index is 11.1. The van der Waals surface area contributed by atoms with Crippen LogP contribution in [0, 0.1) is 0 Å². The summed E-state index contributed by atoms with van der Waals surface area (Å²) in [4.78, 5) is 21.7. The summed E-state index contributed by atoms with van der Waals surface area (Å²) < 4.78 is 4.97. The molecule has 2 N–H and O–H groups in total. The molecule has 0 heterocycles. The Morgan fingerprint density at radius 3 is 2.15 bits per heavy atom. The Kier molecular flexibility index (Phi) is 4.26. The molecule has 0 saturated heterocycles. The molecule has 1 amide bonds. The van der Waals surface area contributed by atoms with Crippen molar-refractivity contribution >= 4 is 23.0 Å². The van der Waals surface area contributed by atoms with Crippen LogP contribution < -0.4 is 5.73 Å². The molecule has 0 rings (SSSR count). The van der Waals surface area contributed by atoms with Gasteiger partial charge in [-0.15, -0.1) is 0 Å². The van der Waals surface area contributed by atoms with E-state index in [4.69, 9.17) is 10.5 Å². The lowest BCUT2D eigenvalue weighted by atomic mass is 10.2. The highest BCUT2D eigenvalue weighted by Crippen LogP contribution is 2.18. The smallest absolute Gasteiger partial charge is 0.368 e. The lowest BCUT2D eigenvalue weighted by Crippen LogP contribution is -2.27. The van der Waals surface area contributed by atoms with Gasteiger partial charge >= 0.3 is 5.30 Å². The predicted octanol–water partition coefficient (Wildman–Crippen LogP) is 1.53. The van der Waals surface area contributed by atoms with Gasteiger partial charge in [-0.25, -0.2) is 4.79 Å². The van der Waals surface area contributed by atoms with Crippen molar-refractivity contribution in [1.82, 2.24) is 0 Å². The number of amides is 1. The van der Waals surface area contributed by atoms with E-state index in [2.05, 4.69) is 0 Å². The van der Waals surface area contributed by atoms with Crippen LogP contribution in [0.3, 0.4) is 0 Å². The molecule has 0 spiro atoms. The third-order valence-electron chi connectivity index (χ3n) is 1.06. The van der Waals surface area contributed by atoms with Crippen LogP contribution in [0.1, 0.15) is 27.7 Å². The minimum atomic E-state index is -0.546. The average Bonchev–Trinajstić information content (AvgIpc) is 1.81. The number of hydrogen-bond donors (Lipinski definition) is 1. The Bertz CT molecular complexity index is 210. The molecule has 0 bridgehead atoms. The Hall–Kier alpha value is -0.710. The molecule has 13 heavy (non-hydrogen) atoms. The van der Waals surface area contributed by atoms with Gasteiger partial charge in [0.2, 0.25) is 5.91 Å². The molecule has 5 heteroatoms. The molecule has 0 aliphatic rings. The molecule has 0 aromatic carbocycles. The Morgan fingerprint density at radius 1 is 1.38 bits per heavy atom. The number of nitrogens with two attached hydrogens (primary N) is 1. The molecule has 76 valence electrons. The summed E-state index contributed by atoms with van der Waals surface area (Å²) >= 11 is 0.799. The van der Waals surface area contributed by atoms with Crippen LogP contribution in [0.4, 0.5) is 4.79 Å². The number of carbonyl (C=O) groups is 2. The van der Waals surface area contributed by atoms with Gasteiger partial charge in [-0.2, -0.15) is 0 Å². The van der Waals surface area contributed by atoms with Crippen molar-refractivity contribution < 1.29 is 14.3 Å². The number of thioether (sulfide) groups is 1. The van der Waals surface area contributed by atoms with E-state index in [1.54, 1.807) is 27.7 Å². The molecule has 0 aromatic rings. The molecule has 1 atom stereocenters. The highest BCUT2D eigenvalue weighted by molar-refractivity contribution is 8.14. The maximum Gasteiger partial charge on any atom is 0.368 e. The van der Waals surface area contributed by atoms with E-state index < -0.39 is 22.1 Å². The van der Waals surface area contributed by atoms with Crippen molar-refractivity contribution in [1.29, 1.82) is 0 Å². The van der Waals surface area contributed by atoms with Crippen LogP contribution >= 0.6 is 11.8 Å². The number of ether oxygens (including phenoxy) is 1. The normalized spacial score (nSPS) is 13.5. The van der Waals surface area contributed by atoms with Gasteiger partial charge in [0.15, 0.2) is 0 Å². The van der Waals surface area contributed by atoms with Gasteiger partial charge < -0.3 is 10.5 Å². The van der Waals surface area contributed by atoms with E-state index in [1.807, 2.05) is 0 Å². The number of rotatable bonds is 2. The molecule has 0 aliphatic carbocycles. The van der Waals surface area contributed by atoms with Crippen LogP contribution in [0.25, 0.3) is 0 Å². The average molecular weight is 205 g/mol. The SMILES string of the molecule is CC(SC(=O)OC(C)(C)C)C(N)=O. The lowest BCUT2D eigenvalue weighted by molar-refractivity contribution is -0.117. The fourth-order valence-corrected chi connectivity index (χ4v) is 1.18. The summed E-state index contributed by atoms with van der Waals surface area (Å²) in [5, 5.41) is -1.02. The molecule has 0 saturated carbocycles. The molecular formula is C8H15NO3S. The number of hydrogen-bond acceptors (Lipinski definition) is 4. The summed E-state index contributed by atoms with van der Waals surface area (Å²) in [5.74, 6) is -0.518. The minimum Gasteiger partial charge on any atom is -0.452 e. The summed E-state index contributed by atoms with van der Waals surface area (Å²) in [6, 6.07) is 0. The minimum absolute atomic E-state index is 0.473. The number of carbonyl (C=O) groups excluding carboxylic acids is 2. The molecular weight excluding hydrogens is 190 g/mol. The number of primary amides is 1. The zero-order valence-corrected chi connectivity index (χ0v) is 9.10. The van der Waals surface area contributed by atoms with E-state index >= 15 is 0 Å². The highest BCUT2D eigenvalue weighted by Gasteiger charge is 2.21. The lowest BCUT2D eigenvalue weighted by Gasteiger charge is -2.19. The van der Waals surface area contributed by atoms with Gasteiger partial charge in [-0.3, -0.25) is 4.79 Å². The first-order chi connectivity index (χ1) is 5.72. The fraction of sp³-hybridized carbons (Fsp3) is 0.750. The topological polar surface area (TPSA) is 69.4 Å². The summed E-state index contributed by atoms with van der Waals surface area (Å²) in [6.07, 6.45) is 0. The molecule has 0 radical (unpaired) electrons. The second-order valence-corrected chi connectivity index (χ2v) is 4.90. The quantitative estimate of drug-likeness (QED) is 0.694. The third kappa shape index (κ3) is 6.45. The molecule has 4 nitrogen and oxygen atoms in total. The Labute approximate surface area is 82.2 Å². The first-order valence-corrected chi connectivity index (χ1v) is 4.79. The van der Waals surface area contributed by atoms with Crippen LogP contribution in [0.2, 0.25) is 0 Å². The van der Waals surface area contributed by atoms with Gasteiger partial charge in [0, 0.05) is 0 Å². The predicted molar refractivity (Wildman–Crippen MR) is 52.5 cm³/mol. The van der Waals surface area contributed by atoms with E-state index in [-0.39, 0.29) is 0 Å². The molecule has 1 unspecified atom stereocenters. The van der Waals surface area contributed by atoms with E-state index in [9.17, 15) is 9.59 Å². The monoisotopic (exact) mass is 205 g/mol. The van der Waals surface area contributed by atoms with Crippen LogP contribution in [0.5, 0.6) is 0 Å². The van der Waals surface area contributed by atoms with Gasteiger partial charge in [0.05, 0.1) is 5.25 Å². The highest BCUT2D eigenvalue weighted by atomic mass is 32.2. The van der Waals surface area contributed by atoms with E-state index in [0.29, 0.717) is 0 Å². The third-order valence-corrected chi connectivity index (χ3v) is 1.92. The molecule has 0 aliphatic heterocycles. The first kappa shape index (κ1) is 12.3. The van der Waals surface area contributed by atoms with Crippen molar-refractivity contribution in [2.45, 2.75) is 38.5 Å². The summed E-state index contributed by atoms with van der Waals surface area (Å²) in [5.41, 5.74) is 4.45. The van der Waals surface area contributed by atoms with Crippen molar-refractivity contribution in [3.8, 4) is 0 Å². The standard InChI is InChI=1S/C8H15NO3S/c1-5(6(9)10)13-7(11)12-8(2,3)4/h5H,1-4H3,(H2,9,10). The largest absolute Gasteiger partial charge is 0.452 e. The van der Waals surface area contributed by atoms with E-state index in [1.165, 1.54) is 0 Å². The van der Waals surface area contributed by atoms with Gasteiger partial charge in [0.25, 0.3) is 0 Å². The summed E-state index contributed by atoms with van der Waals surface area (Å²) in [7, 11) is 0. The fourth-order valence-electron chi connectivity index (χ4n) is 0.476. The second kappa shape index (κ2) is 4.50. The molecule has 0 aromatic heterocycles. The van der Waals surface area contributed by atoms with Crippen molar-refractivity contribution in [3.63, 3.8) is 0 Å². The van der Waals surface area contributed by atoms with Crippen LogP contribution in [-0.4, -0.2) is 22.1 Å². The van der Waals surface area contributed by atoms with Crippen molar-refractivity contribution in [2.24, 2.45) is 5.73 Å². The van der Waals surface area contributed by atoms with Crippen molar-refractivity contribution in [3.05, 3.63) is 0 Å². The van der Waals surface area contributed by atoms with Gasteiger partial charge in [0.1, 0.15) is 5.60 Å². The zero-order chi connectivity index (χ0) is 10.6. The molecule has 0 fully saturated rings. The van der Waals surface area contributed by atoms with Crippen LogP contribution in [0.15, 0.2) is 0 Å². The zero-order valence-electron chi connectivity index (χ0n) is 8.29. The summed E-state index contributed by atoms with van der Waals surface area (Å²) in [6.45, 7) is 6.86. The van der Waals surface area contributed by atoms with E-state index in [0.717, 1.165) is 11.8 Å². The van der Waals surface area contributed by atoms with Crippen molar-refractivity contribution in [2.75, 3.05) is 0 Å². The maximum atomic E-state index is 11.1. The first-order valence-electron chi connectivity index (χ1n) is 3.91. The van der Waals surface area contributed by atoms with Crippen LogP contribution in [-0.2, 0) is 9.53 Å². The van der Waals surface area contributed by atoms with Gasteiger partial charge in [-0.05, 0) is 39.5 Å². The Balaban J connectivity index is 3.96. The second-order valence-electron chi connectivity index (χ2n) is 3.63. The van der Waals surface area contributed by atoms with Gasteiger partial charge in [-0.1, -0.05) is 0 Å². The Morgan fingerprint density at radius 2 is 1.85 bits per heavy atom.